The quantitative estimate of drug-likeness (QED) is 0.762. The summed E-state index contributed by atoms with van der Waals surface area (Å²) in [6.07, 6.45) is 2.79. The van der Waals surface area contributed by atoms with E-state index < -0.39 is 0 Å². The van der Waals surface area contributed by atoms with Crippen LogP contribution in [-0.2, 0) is 6.54 Å². The van der Waals surface area contributed by atoms with Crippen molar-refractivity contribution in [3.8, 4) is 0 Å². The van der Waals surface area contributed by atoms with Crippen molar-refractivity contribution in [3.63, 3.8) is 0 Å². The van der Waals surface area contributed by atoms with Crippen LogP contribution < -0.4 is 5.32 Å². The van der Waals surface area contributed by atoms with E-state index in [1.165, 1.54) is 19.4 Å². The largest absolute Gasteiger partial charge is 0.465 e. The third kappa shape index (κ3) is 4.70. The van der Waals surface area contributed by atoms with Crippen LogP contribution in [0.1, 0.15) is 31.3 Å². The average molecular weight is 259 g/mol. The Morgan fingerprint density at radius 2 is 2.18 bits per heavy atom. The van der Waals surface area contributed by atoms with Crippen LogP contribution in [0.25, 0.3) is 0 Å². The minimum absolute atomic E-state index is 0. The van der Waals surface area contributed by atoms with Crippen molar-refractivity contribution in [1.29, 1.82) is 0 Å². The predicted octanol–water partition coefficient (Wildman–Crippen LogP) is 2.58. The zero-order chi connectivity index (χ0) is 11.4. The third-order valence-corrected chi connectivity index (χ3v) is 3.14. The van der Waals surface area contributed by atoms with Gasteiger partial charge in [0, 0.05) is 19.1 Å². The maximum atomic E-state index is 5.50. The van der Waals surface area contributed by atoms with Gasteiger partial charge in [-0.25, -0.2) is 0 Å². The molecule has 1 aromatic rings. The summed E-state index contributed by atoms with van der Waals surface area (Å²) in [5.74, 6) is 2.02. The van der Waals surface area contributed by atoms with E-state index in [4.69, 9.17) is 4.42 Å². The number of furan rings is 1. The van der Waals surface area contributed by atoms with E-state index >= 15 is 0 Å². The molecule has 1 N–H and O–H groups in total. The molecule has 17 heavy (non-hydrogen) atoms. The van der Waals surface area contributed by atoms with Gasteiger partial charge in [-0.1, -0.05) is 6.92 Å². The molecule has 0 amide bonds. The Balaban J connectivity index is 0.00000144. The summed E-state index contributed by atoms with van der Waals surface area (Å²) in [5.41, 5.74) is 0. The molecule has 1 fully saturated rings. The molecule has 1 aliphatic rings. The van der Waals surface area contributed by atoms with Crippen LogP contribution in [0.5, 0.6) is 0 Å². The summed E-state index contributed by atoms with van der Waals surface area (Å²) in [4.78, 5) is 2.56. The summed E-state index contributed by atoms with van der Waals surface area (Å²) < 4.78 is 5.50. The van der Waals surface area contributed by atoms with Crippen LogP contribution in [0.3, 0.4) is 0 Å². The first-order chi connectivity index (χ1) is 7.79. The first kappa shape index (κ1) is 14.6. The van der Waals surface area contributed by atoms with Gasteiger partial charge in [0.05, 0.1) is 6.54 Å². The fourth-order valence-electron chi connectivity index (χ4n) is 2.05. The molecule has 1 saturated carbocycles. The molecule has 3 nitrogen and oxygen atoms in total. The Hall–Kier alpha value is -0.510. The van der Waals surface area contributed by atoms with Gasteiger partial charge in [0.2, 0.25) is 0 Å². The second-order valence-electron chi connectivity index (χ2n) is 4.55. The number of rotatable bonds is 7. The molecule has 1 heterocycles. The van der Waals surface area contributed by atoms with E-state index in [9.17, 15) is 0 Å². The van der Waals surface area contributed by atoms with E-state index in [0.717, 1.165) is 37.2 Å². The van der Waals surface area contributed by atoms with Gasteiger partial charge in [0.1, 0.15) is 11.5 Å². The van der Waals surface area contributed by atoms with Gasteiger partial charge in [-0.15, -0.1) is 12.4 Å². The van der Waals surface area contributed by atoms with Gasteiger partial charge >= 0.3 is 0 Å². The van der Waals surface area contributed by atoms with Crippen molar-refractivity contribution in [2.24, 2.45) is 0 Å². The monoisotopic (exact) mass is 258 g/mol. The highest BCUT2D eigenvalue weighted by atomic mass is 35.5. The number of hydrogen-bond donors (Lipinski definition) is 1. The molecule has 4 heteroatoms. The van der Waals surface area contributed by atoms with Crippen molar-refractivity contribution in [2.45, 2.75) is 39.3 Å². The topological polar surface area (TPSA) is 28.4 Å². The molecule has 2 rings (SSSR count). The van der Waals surface area contributed by atoms with Crippen molar-refractivity contribution < 1.29 is 4.42 Å². The van der Waals surface area contributed by atoms with E-state index in [1.54, 1.807) is 0 Å². The van der Waals surface area contributed by atoms with Gasteiger partial charge in [-0.2, -0.15) is 0 Å². The van der Waals surface area contributed by atoms with E-state index in [2.05, 4.69) is 17.1 Å². The van der Waals surface area contributed by atoms with Crippen molar-refractivity contribution in [2.75, 3.05) is 19.6 Å². The fourth-order valence-corrected chi connectivity index (χ4v) is 2.05. The molecule has 0 aromatic carbocycles. The second kappa shape index (κ2) is 7.04. The van der Waals surface area contributed by atoms with Gasteiger partial charge in [0.25, 0.3) is 0 Å². The van der Waals surface area contributed by atoms with Crippen LogP contribution in [-0.4, -0.2) is 30.6 Å². The molecule has 0 spiro atoms. The lowest BCUT2D eigenvalue weighted by atomic mass is 10.4. The highest BCUT2D eigenvalue weighted by molar-refractivity contribution is 5.85. The maximum Gasteiger partial charge on any atom is 0.117 e. The molecule has 1 aromatic heterocycles. The number of nitrogens with zero attached hydrogens (tertiary/aromatic N) is 1. The molecule has 0 radical (unpaired) electrons. The number of aryl methyl sites for hydroxylation is 1. The smallest absolute Gasteiger partial charge is 0.117 e. The molecule has 98 valence electrons. The molecular weight excluding hydrogens is 236 g/mol. The summed E-state index contributed by atoms with van der Waals surface area (Å²) in [6, 6.07) is 4.93. The van der Waals surface area contributed by atoms with E-state index in [-0.39, 0.29) is 12.4 Å². The van der Waals surface area contributed by atoms with Crippen molar-refractivity contribution >= 4 is 12.4 Å². The van der Waals surface area contributed by atoms with E-state index in [0.29, 0.717) is 0 Å². The molecular formula is C13H23ClN2O. The lowest BCUT2D eigenvalue weighted by Gasteiger charge is -2.19. The van der Waals surface area contributed by atoms with Gasteiger partial charge < -0.3 is 9.73 Å². The predicted molar refractivity (Wildman–Crippen MR) is 72.7 cm³/mol. The van der Waals surface area contributed by atoms with Crippen LogP contribution in [0.2, 0.25) is 0 Å². The van der Waals surface area contributed by atoms with Crippen molar-refractivity contribution in [3.05, 3.63) is 23.7 Å². The Morgan fingerprint density at radius 1 is 1.41 bits per heavy atom. The highest BCUT2D eigenvalue weighted by Gasteiger charge is 2.26. The Bertz CT molecular complexity index is 323. The lowest BCUT2D eigenvalue weighted by molar-refractivity contribution is 0.275. The van der Waals surface area contributed by atoms with Crippen molar-refractivity contribution in [1.82, 2.24) is 10.2 Å². The zero-order valence-corrected chi connectivity index (χ0v) is 11.6. The number of halogens is 1. The first-order valence-electron chi connectivity index (χ1n) is 6.29. The van der Waals surface area contributed by atoms with Crippen LogP contribution in [0.4, 0.5) is 0 Å². The molecule has 0 saturated heterocycles. The maximum absolute atomic E-state index is 5.50. The number of hydrogen-bond acceptors (Lipinski definition) is 3. The second-order valence-corrected chi connectivity index (χ2v) is 4.55. The summed E-state index contributed by atoms with van der Waals surface area (Å²) in [6.45, 7) is 8.44. The van der Waals surface area contributed by atoms with Gasteiger partial charge in [0.15, 0.2) is 0 Å². The molecule has 0 bridgehead atoms. The SMILES string of the molecule is CCN(CCNCc1ccc(C)o1)C1CC1.Cl. The van der Waals surface area contributed by atoms with Gasteiger partial charge in [-0.3, -0.25) is 4.90 Å². The molecule has 0 aliphatic heterocycles. The molecule has 0 unspecified atom stereocenters. The summed E-state index contributed by atoms with van der Waals surface area (Å²) in [7, 11) is 0. The number of nitrogens with one attached hydrogen (secondary N) is 1. The Kier molecular flexibility index (Phi) is 6.03. The fraction of sp³-hybridized carbons (Fsp3) is 0.692. The summed E-state index contributed by atoms with van der Waals surface area (Å²) in [5, 5.41) is 3.43. The third-order valence-electron chi connectivity index (χ3n) is 3.14. The van der Waals surface area contributed by atoms with Crippen LogP contribution in [0.15, 0.2) is 16.5 Å². The van der Waals surface area contributed by atoms with Crippen LogP contribution in [0, 0.1) is 6.92 Å². The first-order valence-corrected chi connectivity index (χ1v) is 6.29. The molecule has 0 atom stereocenters. The Morgan fingerprint density at radius 3 is 2.71 bits per heavy atom. The van der Waals surface area contributed by atoms with Crippen LogP contribution >= 0.6 is 12.4 Å². The average Bonchev–Trinajstić information content (AvgIpc) is 3.03. The van der Waals surface area contributed by atoms with E-state index in [1.807, 2.05) is 19.1 Å². The zero-order valence-electron chi connectivity index (χ0n) is 10.7. The normalized spacial score (nSPS) is 15.0. The number of likely N-dealkylation sites (N-methyl/N-ethyl adjacent to an activating group) is 1. The minimum atomic E-state index is 0. The summed E-state index contributed by atoms with van der Waals surface area (Å²) >= 11 is 0. The standard InChI is InChI=1S/C13H22N2O.ClH/c1-3-15(12-5-6-12)9-8-14-10-13-7-4-11(2)16-13;/h4,7,12,14H,3,5-6,8-10H2,1-2H3;1H. The van der Waals surface area contributed by atoms with Gasteiger partial charge in [-0.05, 0) is 38.4 Å². The minimum Gasteiger partial charge on any atom is -0.465 e. The lowest BCUT2D eigenvalue weighted by Crippen LogP contribution is -2.33. The highest BCUT2D eigenvalue weighted by Crippen LogP contribution is 2.25. The Labute approximate surface area is 110 Å². The molecule has 1 aliphatic carbocycles.